The van der Waals surface area contributed by atoms with E-state index in [0.717, 1.165) is 21.9 Å². The normalized spacial score (nSPS) is 13.4. The summed E-state index contributed by atoms with van der Waals surface area (Å²) in [7, 11) is 2.97. The first kappa shape index (κ1) is 25.9. The zero-order valence-electron chi connectivity index (χ0n) is 18.5. The molecule has 0 saturated heterocycles. The zero-order valence-corrected chi connectivity index (χ0v) is 18.5. The second-order valence-corrected chi connectivity index (χ2v) is 7.96. The number of carboxylic acids is 1. The van der Waals surface area contributed by atoms with Crippen molar-refractivity contribution in [2.24, 2.45) is 7.05 Å². The molecule has 0 fully saturated rings. The van der Waals surface area contributed by atoms with Gasteiger partial charge in [-0.25, -0.2) is 4.79 Å². The van der Waals surface area contributed by atoms with Crippen molar-refractivity contribution in [1.29, 1.82) is 0 Å². The van der Waals surface area contributed by atoms with Crippen molar-refractivity contribution in [2.75, 3.05) is 7.05 Å². The van der Waals surface area contributed by atoms with Crippen LogP contribution < -0.4 is 0 Å². The third-order valence-electron chi connectivity index (χ3n) is 5.52. The Morgan fingerprint density at radius 2 is 1.60 bits per heavy atom. The maximum atomic E-state index is 13.2. The molecule has 3 aromatic rings. The molecule has 186 valence electrons. The zero-order chi connectivity index (χ0) is 26.1. The summed E-state index contributed by atoms with van der Waals surface area (Å²) >= 11 is 0. The van der Waals surface area contributed by atoms with Crippen molar-refractivity contribution in [2.45, 2.75) is 24.8 Å². The average molecular weight is 498 g/mol. The quantitative estimate of drug-likeness (QED) is 0.359. The maximum absolute atomic E-state index is 13.2. The van der Waals surface area contributed by atoms with Crippen molar-refractivity contribution in [3.63, 3.8) is 0 Å². The fourth-order valence-corrected chi connectivity index (χ4v) is 3.77. The number of benzene rings is 2. The van der Waals surface area contributed by atoms with Gasteiger partial charge in [0.1, 0.15) is 0 Å². The van der Waals surface area contributed by atoms with Crippen molar-refractivity contribution in [3.05, 3.63) is 83.1 Å². The van der Waals surface area contributed by atoms with E-state index in [-0.39, 0.29) is 12.5 Å². The summed E-state index contributed by atoms with van der Waals surface area (Å²) < 4.78 is 81.2. The minimum absolute atomic E-state index is 0.0608. The summed E-state index contributed by atoms with van der Waals surface area (Å²) in [6.07, 6.45) is -6.46. The van der Waals surface area contributed by atoms with Gasteiger partial charge in [0, 0.05) is 42.8 Å². The Morgan fingerprint density at radius 3 is 2.14 bits per heavy atom. The van der Waals surface area contributed by atoms with Crippen LogP contribution in [0.5, 0.6) is 0 Å². The van der Waals surface area contributed by atoms with Gasteiger partial charge in [-0.05, 0) is 36.2 Å². The Morgan fingerprint density at radius 1 is 1.03 bits per heavy atom. The number of aryl methyl sites for hydroxylation is 1. The predicted octanol–water partition coefficient (Wildman–Crippen LogP) is 5.54. The molecule has 0 aliphatic carbocycles. The number of amides is 1. The van der Waals surface area contributed by atoms with Crippen LogP contribution in [0.15, 0.2) is 60.8 Å². The molecule has 1 atom stereocenters. The molecule has 5 nitrogen and oxygen atoms in total. The summed E-state index contributed by atoms with van der Waals surface area (Å²) in [6.45, 7) is 0. The number of hydrogen-bond donors (Lipinski definition) is 1. The van der Waals surface area contributed by atoms with E-state index in [1.54, 1.807) is 19.3 Å². The molecule has 35 heavy (non-hydrogen) atoms. The Balaban J connectivity index is 2.04. The van der Waals surface area contributed by atoms with E-state index >= 15 is 0 Å². The van der Waals surface area contributed by atoms with Gasteiger partial charge in [-0.3, -0.25) is 4.79 Å². The van der Waals surface area contributed by atoms with Crippen LogP contribution in [0, 0.1) is 0 Å². The highest BCUT2D eigenvalue weighted by Crippen LogP contribution is 2.36. The molecule has 0 saturated carbocycles. The third kappa shape index (κ3) is 5.84. The molecule has 0 aliphatic heterocycles. The molecule has 0 spiro atoms. The first-order valence-corrected chi connectivity index (χ1v) is 10.2. The first-order chi connectivity index (χ1) is 16.2. The third-order valence-corrected chi connectivity index (χ3v) is 5.52. The Labute approximate surface area is 195 Å². The highest BCUT2D eigenvalue weighted by Gasteiger charge is 2.38. The number of likely N-dealkylation sites (N-methyl/N-ethyl adjacent to an activating group) is 1. The van der Waals surface area contributed by atoms with Crippen LogP contribution in [-0.4, -0.2) is 39.5 Å². The van der Waals surface area contributed by atoms with Gasteiger partial charge in [-0.2, -0.15) is 26.3 Å². The van der Waals surface area contributed by atoms with Gasteiger partial charge in [0.05, 0.1) is 17.2 Å². The number of hydrogen-bond acceptors (Lipinski definition) is 2. The molecule has 1 heterocycles. The second-order valence-electron chi connectivity index (χ2n) is 7.96. The Bertz CT molecular complexity index is 1260. The van der Waals surface area contributed by atoms with Gasteiger partial charge in [-0.15, -0.1) is 0 Å². The van der Waals surface area contributed by atoms with Crippen molar-refractivity contribution in [1.82, 2.24) is 9.47 Å². The van der Waals surface area contributed by atoms with Crippen molar-refractivity contribution >= 4 is 22.8 Å². The van der Waals surface area contributed by atoms with Gasteiger partial charge in [-0.1, -0.05) is 24.3 Å². The average Bonchev–Trinajstić information content (AvgIpc) is 3.09. The van der Waals surface area contributed by atoms with Gasteiger partial charge < -0.3 is 14.6 Å². The summed E-state index contributed by atoms with van der Waals surface area (Å²) in [5, 5.41) is 9.86. The van der Waals surface area contributed by atoms with E-state index in [2.05, 4.69) is 0 Å². The van der Waals surface area contributed by atoms with Gasteiger partial charge in [0.2, 0.25) is 0 Å². The van der Waals surface area contributed by atoms with Gasteiger partial charge in [0.15, 0.2) is 0 Å². The molecule has 0 radical (unpaired) electrons. The fraction of sp³-hybridized carbons (Fsp3) is 0.250. The molecule has 1 amide bonds. The molecule has 1 unspecified atom stereocenters. The molecule has 3 rings (SSSR count). The van der Waals surface area contributed by atoms with Crippen LogP contribution >= 0.6 is 0 Å². The number of aliphatic carboxylic acids is 1. The van der Waals surface area contributed by atoms with E-state index in [4.69, 9.17) is 5.11 Å². The standard InChI is InChI=1S/C24H20F6N2O3/c1-31-13-15(19-5-3-4-6-20(19)31)11-18(7-8-21(33)34)32(2)22(35)14-9-16(23(25,26)27)12-17(10-14)24(28,29)30/h3-10,12-13,18H,11H2,1-2H3,(H,33,34). The van der Waals surface area contributed by atoms with E-state index in [0.29, 0.717) is 17.7 Å². The summed E-state index contributed by atoms with van der Waals surface area (Å²) in [4.78, 5) is 25.1. The number of halogens is 6. The van der Waals surface area contributed by atoms with E-state index in [9.17, 15) is 35.9 Å². The van der Waals surface area contributed by atoms with Crippen molar-refractivity contribution in [3.8, 4) is 0 Å². The SMILES string of the molecule is CN(C(=O)c1cc(C(F)(F)F)cc(C(F)(F)F)c1)C(C=CC(=O)O)Cc1cn(C)c2ccccc12. The lowest BCUT2D eigenvalue weighted by atomic mass is 10.0. The minimum Gasteiger partial charge on any atom is -0.478 e. The fourth-order valence-electron chi connectivity index (χ4n) is 3.77. The van der Waals surface area contributed by atoms with E-state index in [1.165, 1.54) is 13.1 Å². The maximum Gasteiger partial charge on any atom is 0.416 e. The number of aromatic nitrogens is 1. The van der Waals surface area contributed by atoms with E-state index in [1.807, 2.05) is 22.8 Å². The summed E-state index contributed by atoms with van der Waals surface area (Å²) in [5.41, 5.74) is -2.49. The number of carbonyl (C=O) groups excluding carboxylic acids is 1. The summed E-state index contributed by atoms with van der Waals surface area (Å²) in [5.74, 6) is -2.45. The number of nitrogens with zero attached hydrogens (tertiary/aromatic N) is 2. The number of carbonyl (C=O) groups is 2. The van der Waals surface area contributed by atoms with Gasteiger partial charge >= 0.3 is 18.3 Å². The molecular formula is C24H20F6N2O3. The van der Waals surface area contributed by atoms with Crippen LogP contribution in [0.25, 0.3) is 10.9 Å². The number of alkyl halides is 6. The number of rotatable bonds is 6. The lowest BCUT2D eigenvalue weighted by molar-refractivity contribution is -0.143. The molecule has 2 aromatic carbocycles. The van der Waals surface area contributed by atoms with Crippen LogP contribution in [0.3, 0.4) is 0 Å². The van der Waals surface area contributed by atoms with Gasteiger partial charge in [0.25, 0.3) is 5.91 Å². The van der Waals surface area contributed by atoms with Crippen LogP contribution in [-0.2, 0) is 30.6 Å². The smallest absolute Gasteiger partial charge is 0.416 e. The minimum atomic E-state index is -5.11. The first-order valence-electron chi connectivity index (χ1n) is 10.2. The van der Waals surface area contributed by atoms with Crippen LogP contribution in [0.4, 0.5) is 26.3 Å². The highest BCUT2D eigenvalue weighted by molar-refractivity contribution is 5.95. The lowest BCUT2D eigenvalue weighted by Gasteiger charge is -2.26. The molecular weight excluding hydrogens is 478 g/mol. The van der Waals surface area contributed by atoms with Crippen LogP contribution in [0.2, 0.25) is 0 Å². The molecule has 0 aliphatic rings. The Kier molecular flexibility index (Phi) is 7.00. The predicted molar refractivity (Wildman–Crippen MR) is 116 cm³/mol. The monoisotopic (exact) mass is 498 g/mol. The van der Waals surface area contributed by atoms with Crippen molar-refractivity contribution < 1.29 is 41.0 Å². The highest BCUT2D eigenvalue weighted by atomic mass is 19.4. The molecule has 11 heteroatoms. The second kappa shape index (κ2) is 9.47. The largest absolute Gasteiger partial charge is 0.478 e. The van der Waals surface area contributed by atoms with E-state index < -0.39 is 47.0 Å². The summed E-state index contributed by atoms with van der Waals surface area (Å²) in [6, 6.07) is 6.92. The molecule has 0 bridgehead atoms. The lowest BCUT2D eigenvalue weighted by Crippen LogP contribution is -2.37. The Hall–Kier alpha value is -3.76. The van der Waals surface area contributed by atoms with Crippen LogP contribution in [0.1, 0.15) is 27.0 Å². The molecule has 1 aromatic heterocycles. The number of para-hydroxylation sites is 1. The number of fused-ring (bicyclic) bond motifs is 1. The number of carboxylic acid groups (broad SMARTS) is 1. The molecule has 1 N–H and O–H groups in total. The topological polar surface area (TPSA) is 62.5 Å².